The van der Waals surface area contributed by atoms with Crippen LogP contribution in [0, 0.1) is 0 Å². The molecule has 0 N–H and O–H groups in total. The van der Waals surface area contributed by atoms with Crippen LogP contribution in [0.1, 0.15) is 28.9 Å². The van der Waals surface area contributed by atoms with E-state index in [1.165, 1.54) is 18.9 Å². The number of carbonyl (C=O) groups is 1. The first kappa shape index (κ1) is 19.4. The highest BCUT2D eigenvalue weighted by molar-refractivity contribution is 5.94. The summed E-state index contributed by atoms with van der Waals surface area (Å²) >= 11 is 0. The molecule has 0 radical (unpaired) electrons. The Morgan fingerprint density at radius 2 is 1.48 bits per heavy atom. The average molecular weight is 406 g/mol. The Labute approximate surface area is 166 Å². The topological polar surface area (TPSA) is 65.5 Å². The molecular weight excluding hydrogens is 385 g/mol. The number of piperazine rings is 1. The minimum Gasteiger partial charge on any atom is -0.356 e. The van der Waals surface area contributed by atoms with Crippen LogP contribution in [0.2, 0.25) is 0 Å². The fourth-order valence-corrected chi connectivity index (χ4v) is 3.64. The summed E-state index contributed by atoms with van der Waals surface area (Å²) in [5.41, 5.74) is -0.846. The SMILES string of the molecule is O=C(c1ccc(C(F)(F)F)nc1)N1CCN(c2cc(N3CCCC3)ncn2)CC1. The molecule has 2 aromatic heterocycles. The lowest BCUT2D eigenvalue weighted by Crippen LogP contribution is -2.49. The average Bonchev–Trinajstić information content (AvgIpc) is 3.28. The first-order valence-electron chi connectivity index (χ1n) is 9.56. The Morgan fingerprint density at radius 3 is 2.03 bits per heavy atom. The summed E-state index contributed by atoms with van der Waals surface area (Å²) in [5, 5.41) is 0. The molecule has 10 heteroatoms. The van der Waals surface area contributed by atoms with Crippen LogP contribution in [-0.4, -0.2) is 65.0 Å². The van der Waals surface area contributed by atoms with Crippen molar-refractivity contribution in [3.8, 4) is 0 Å². The lowest BCUT2D eigenvalue weighted by atomic mass is 10.2. The third-order valence-corrected chi connectivity index (χ3v) is 5.26. The summed E-state index contributed by atoms with van der Waals surface area (Å²) in [4.78, 5) is 30.6. The first-order chi connectivity index (χ1) is 13.9. The van der Waals surface area contributed by atoms with E-state index in [4.69, 9.17) is 0 Å². The Morgan fingerprint density at radius 1 is 0.862 bits per heavy atom. The number of alkyl halides is 3. The lowest BCUT2D eigenvalue weighted by Gasteiger charge is -2.35. The number of pyridine rings is 1. The number of aromatic nitrogens is 3. The Kier molecular flexibility index (Phi) is 5.25. The van der Waals surface area contributed by atoms with Crippen LogP contribution in [0.4, 0.5) is 24.8 Å². The number of anilines is 2. The molecule has 0 aliphatic carbocycles. The molecule has 1 amide bonds. The van der Waals surface area contributed by atoms with Gasteiger partial charge in [0.1, 0.15) is 23.7 Å². The molecule has 2 saturated heterocycles. The van der Waals surface area contributed by atoms with Gasteiger partial charge < -0.3 is 14.7 Å². The number of halogens is 3. The predicted octanol–water partition coefficient (Wildman–Crippen LogP) is 2.45. The second-order valence-corrected chi connectivity index (χ2v) is 7.14. The third kappa shape index (κ3) is 4.25. The molecule has 2 aliphatic heterocycles. The zero-order valence-electron chi connectivity index (χ0n) is 15.8. The highest BCUT2D eigenvalue weighted by atomic mass is 19.4. The molecule has 2 fully saturated rings. The maximum Gasteiger partial charge on any atom is 0.433 e. The fraction of sp³-hybridized carbons (Fsp3) is 0.474. The number of amides is 1. The van der Waals surface area contributed by atoms with Crippen molar-refractivity contribution in [1.82, 2.24) is 19.9 Å². The van der Waals surface area contributed by atoms with E-state index in [2.05, 4.69) is 24.8 Å². The molecule has 0 spiro atoms. The van der Waals surface area contributed by atoms with E-state index in [0.717, 1.165) is 37.0 Å². The maximum atomic E-state index is 12.6. The van der Waals surface area contributed by atoms with E-state index < -0.39 is 11.9 Å². The van der Waals surface area contributed by atoms with Gasteiger partial charge in [0.15, 0.2) is 0 Å². The molecule has 4 rings (SSSR count). The van der Waals surface area contributed by atoms with E-state index in [1.807, 2.05) is 6.07 Å². The number of rotatable bonds is 3. The Balaban J connectivity index is 1.38. The van der Waals surface area contributed by atoms with Crippen LogP contribution in [0.25, 0.3) is 0 Å². The number of carbonyl (C=O) groups excluding carboxylic acids is 1. The molecule has 29 heavy (non-hydrogen) atoms. The zero-order valence-corrected chi connectivity index (χ0v) is 15.8. The molecule has 0 saturated carbocycles. The van der Waals surface area contributed by atoms with Crippen molar-refractivity contribution in [1.29, 1.82) is 0 Å². The van der Waals surface area contributed by atoms with Crippen LogP contribution >= 0.6 is 0 Å². The van der Waals surface area contributed by atoms with Crippen molar-refractivity contribution < 1.29 is 18.0 Å². The molecule has 0 bridgehead atoms. The standard InChI is InChI=1S/C19H21F3N6O/c20-19(21,22)15-4-3-14(12-23-15)18(29)28-9-7-27(8-10-28)17-11-16(24-13-25-17)26-5-1-2-6-26/h3-4,11-13H,1-2,5-10H2. The largest absolute Gasteiger partial charge is 0.433 e. The van der Waals surface area contributed by atoms with Gasteiger partial charge in [-0.25, -0.2) is 9.97 Å². The predicted molar refractivity (Wildman–Crippen MR) is 101 cm³/mol. The van der Waals surface area contributed by atoms with Gasteiger partial charge in [0.05, 0.1) is 5.56 Å². The normalized spacial score (nSPS) is 17.7. The highest BCUT2D eigenvalue weighted by Gasteiger charge is 2.32. The molecule has 7 nitrogen and oxygen atoms in total. The van der Waals surface area contributed by atoms with Crippen molar-refractivity contribution in [2.45, 2.75) is 19.0 Å². The molecular formula is C19H21F3N6O. The van der Waals surface area contributed by atoms with Gasteiger partial charge in [-0.1, -0.05) is 0 Å². The summed E-state index contributed by atoms with van der Waals surface area (Å²) in [5.74, 6) is 1.43. The zero-order chi connectivity index (χ0) is 20.4. The monoisotopic (exact) mass is 406 g/mol. The number of nitrogens with zero attached hydrogens (tertiary/aromatic N) is 6. The molecule has 0 atom stereocenters. The second kappa shape index (κ2) is 7.84. The highest BCUT2D eigenvalue weighted by Crippen LogP contribution is 2.27. The first-order valence-corrected chi connectivity index (χ1v) is 9.56. The van der Waals surface area contributed by atoms with E-state index in [9.17, 15) is 18.0 Å². The summed E-state index contributed by atoms with van der Waals surface area (Å²) in [6.07, 6.45) is 0.370. The summed E-state index contributed by atoms with van der Waals surface area (Å²) in [6, 6.07) is 3.99. The second-order valence-electron chi connectivity index (χ2n) is 7.14. The van der Waals surface area contributed by atoms with Crippen LogP contribution in [0.5, 0.6) is 0 Å². The lowest BCUT2D eigenvalue weighted by molar-refractivity contribution is -0.141. The number of hydrogen-bond donors (Lipinski definition) is 0. The molecule has 2 aromatic rings. The summed E-state index contributed by atoms with van der Waals surface area (Å²) in [7, 11) is 0. The van der Waals surface area contributed by atoms with Crippen molar-refractivity contribution in [3.05, 3.63) is 42.0 Å². The van der Waals surface area contributed by atoms with Gasteiger partial charge >= 0.3 is 6.18 Å². The quantitative estimate of drug-likeness (QED) is 0.780. The minimum atomic E-state index is -4.52. The molecule has 0 aromatic carbocycles. The van der Waals surface area contributed by atoms with Crippen LogP contribution < -0.4 is 9.80 Å². The summed E-state index contributed by atoms with van der Waals surface area (Å²) < 4.78 is 37.9. The van der Waals surface area contributed by atoms with Crippen LogP contribution in [-0.2, 0) is 6.18 Å². The van der Waals surface area contributed by atoms with Gasteiger partial charge in [-0.05, 0) is 25.0 Å². The van der Waals surface area contributed by atoms with Crippen LogP contribution in [0.15, 0.2) is 30.7 Å². The van der Waals surface area contributed by atoms with E-state index >= 15 is 0 Å². The van der Waals surface area contributed by atoms with Gasteiger partial charge in [0.2, 0.25) is 0 Å². The minimum absolute atomic E-state index is 0.157. The number of hydrogen-bond acceptors (Lipinski definition) is 6. The van der Waals surface area contributed by atoms with Gasteiger partial charge in [-0.2, -0.15) is 13.2 Å². The van der Waals surface area contributed by atoms with Gasteiger partial charge in [0, 0.05) is 51.5 Å². The van der Waals surface area contributed by atoms with Crippen LogP contribution in [0.3, 0.4) is 0 Å². The fourth-order valence-electron chi connectivity index (χ4n) is 3.64. The summed E-state index contributed by atoms with van der Waals surface area (Å²) in [6.45, 7) is 4.11. The van der Waals surface area contributed by atoms with Crippen molar-refractivity contribution in [2.24, 2.45) is 0 Å². The van der Waals surface area contributed by atoms with E-state index in [-0.39, 0.29) is 11.5 Å². The van der Waals surface area contributed by atoms with Crippen molar-refractivity contribution in [2.75, 3.05) is 49.1 Å². The maximum absolute atomic E-state index is 12.6. The molecule has 154 valence electrons. The third-order valence-electron chi connectivity index (χ3n) is 5.26. The van der Waals surface area contributed by atoms with E-state index in [1.54, 1.807) is 11.2 Å². The van der Waals surface area contributed by atoms with Crippen molar-refractivity contribution >= 4 is 17.5 Å². The molecule has 0 unspecified atom stereocenters. The molecule has 4 heterocycles. The van der Waals surface area contributed by atoms with E-state index in [0.29, 0.717) is 26.2 Å². The van der Waals surface area contributed by atoms with Gasteiger partial charge in [-0.3, -0.25) is 9.78 Å². The molecule has 2 aliphatic rings. The Bertz CT molecular complexity index is 859. The van der Waals surface area contributed by atoms with Gasteiger partial charge in [0.25, 0.3) is 5.91 Å². The Hall–Kier alpha value is -2.91. The van der Waals surface area contributed by atoms with Crippen molar-refractivity contribution in [3.63, 3.8) is 0 Å². The smallest absolute Gasteiger partial charge is 0.356 e. The van der Waals surface area contributed by atoms with Gasteiger partial charge in [-0.15, -0.1) is 0 Å².